The van der Waals surface area contributed by atoms with Crippen LogP contribution < -0.4 is 5.32 Å². The van der Waals surface area contributed by atoms with Crippen LogP contribution >= 0.6 is 11.8 Å². The zero-order valence-corrected chi connectivity index (χ0v) is 15.5. The van der Waals surface area contributed by atoms with Crippen LogP contribution in [0.1, 0.15) is 5.56 Å². The molecule has 0 unspecified atom stereocenters. The lowest BCUT2D eigenvalue weighted by Crippen LogP contribution is -2.22. The van der Waals surface area contributed by atoms with Crippen molar-refractivity contribution in [2.24, 2.45) is 0 Å². The number of esters is 1. The van der Waals surface area contributed by atoms with Crippen LogP contribution in [-0.4, -0.2) is 34.1 Å². The molecule has 144 valence electrons. The number of amides is 1. The molecular formula is C18H15N3O6S. The molecule has 1 heterocycles. The minimum atomic E-state index is -0.613. The van der Waals surface area contributed by atoms with Crippen molar-refractivity contribution < 1.29 is 23.7 Å². The second-order valence-corrected chi connectivity index (χ2v) is 6.63. The van der Waals surface area contributed by atoms with Gasteiger partial charge in [0.1, 0.15) is 11.3 Å². The van der Waals surface area contributed by atoms with Crippen LogP contribution in [0.3, 0.4) is 0 Å². The number of aryl methyl sites for hydroxylation is 1. The van der Waals surface area contributed by atoms with E-state index in [1.807, 2.05) is 12.1 Å². The number of oxazole rings is 1. The lowest BCUT2D eigenvalue weighted by atomic mass is 10.2. The zero-order valence-electron chi connectivity index (χ0n) is 14.7. The predicted molar refractivity (Wildman–Crippen MR) is 102 cm³/mol. The molecule has 1 N–H and O–H groups in total. The third-order valence-corrected chi connectivity index (χ3v) is 4.46. The average molecular weight is 401 g/mol. The number of nitrogens with one attached hydrogen (secondary N) is 1. The van der Waals surface area contributed by atoms with Crippen molar-refractivity contribution in [1.82, 2.24) is 4.98 Å². The molecule has 0 aliphatic rings. The number of thioether (sulfide) groups is 1. The molecule has 0 aliphatic carbocycles. The number of non-ortho nitro benzene ring substituents is 1. The first-order valence-electron chi connectivity index (χ1n) is 8.11. The van der Waals surface area contributed by atoms with Crippen molar-refractivity contribution in [3.05, 3.63) is 58.1 Å². The van der Waals surface area contributed by atoms with Crippen molar-refractivity contribution in [2.45, 2.75) is 12.1 Å². The van der Waals surface area contributed by atoms with Crippen molar-refractivity contribution in [3.8, 4) is 0 Å². The smallest absolute Gasteiger partial charge is 0.316 e. The number of carbonyl (C=O) groups is 2. The topological polar surface area (TPSA) is 125 Å². The summed E-state index contributed by atoms with van der Waals surface area (Å²) >= 11 is 1.06. The number of hydrogen-bond donors (Lipinski definition) is 1. The minimum absolute atomic E-state index is 0.0735. The van der Waals surface area contributed by atoms with Crippen LogP contribution in [0.5, 0.6) is 0 Å². The van der Waals surface area contributed by atoms with Gasteiger partial charge in [0.15, 0.2) is 12.2 Å². The van der Waals surface area contributed by atoms with E-state index in [1.54, 1.807) is 19.1 Å². The third kappa shape index (κ3) is 4.86. The van der Waals surface area contributed by atoms with Gasteiger partial charge in [-0.25, -0.2) is 4.98 Å². The molecule has 0 saturated carbocycles. The summed E-state index contributed by atoms with van der Waals surface area (Å²) in [5.41, 5.74) is 2.09. The molecule has 2 aromatic carbocycles. The summed E-state index contributed by atoms with van der Waals surface area (Å²) in [6.45, 7) is 1.19. The van der Waals surface area contributed by atoms with E-state index in [1.165, 1.54) is 18.2 Å². The van der Waals surface area contributed by atoms with E-state index >= 15 is 0 Å². The fraction of sp³-hybridized carbons (Fsp3) is 0.167. The van der Waals surface area contributed by atoms with E-state index in [2.05, 4.69) is 10.3 Å². The lowest BCUT2D eigenvalue weighted by Gasteiger charge is -2.08. The van der Waals surface area contributed by atoms with E-state index < -0.39 is 23.4 Å². The molecular weight excluding hydrogens is 386 g/mol. The summed E-state index contributed by atoms with van der Waals surface area (Å²) in [6, 6.07) is 11.3. The van der Waals surface area contributed by atoms with Crippen LogP contribution in [-0.2, 0) is 14.3 Å². The summed E-state index contributed by atoms with van der Waals surface area (Å²) in [7, 11) is 0. The molecule has 0 aliphatic heterocycles. The number of nitrogens with zero attached hydrogens (tertiary/aromatic N) is 2. The van der Waals surface area contributed by atoms with E-state index in [-0.39, 0.29) is 17.1 Å². The Hall–Kier alpha value is -3.40. The molecule has 0 fully saturated rings. The molecule has 28 heavy (non-hydrogen) atoms. The van der Waals surface area contributed by atoms with Gasteiger partial charge >= 0.3 is 5.97 Å². The van der Waals surface area contributed by atoms with Gasteiger partial charge in [-0.05, 0) is 24.6 Å². The van der Waals surface area contributed by atoms with Gasteiger partial charge in [-0.3, -0.25) is 19.7 Å². The second kappa shape index (κ2) is 8.53. The summed E-state index contributed by atoms with van der Waals surface area (Å²) in [6.07, 6.45) is 0. The number of aromatic nitrogens is 1. The molecule has 0 saturated heterocycles. The van der Waals surface area contributed by atoms with Gasteiger partial charge in [0.05, 0.1) is 10.6 Å². The van der Waals surface area contributed by atoms with Crippen molar-refractivity contribution >= 4 is 46.1 Å². The highest BCUT2D eigenvalue weighted by molar-refractivity contribution is 7.99. The number of para-hydroxylation sites is 2. The highest BCUT2D eigenvalue weighted by Crippen LogP contribution is 2.23. The predicted octanol–water partition coefficient (Wildman–Crippen LogP) is 3.32. The van der Waals surface area contributed by atoms with Crippen LogP contribution in [0.15, 0.2) is 52.1 Å². The van der Waals surface area contributed by atoms with Gasteiger partial charge in [-0.1, -0.05) is 30.0 Å². The standard InChI is InChI=1S/C18H15N3O6S/c1-11-6-7-12(21(24)25)8-14(11)19-16(22)9-26-17(23)10-28-18-20-13-4-2-3-5-15(13)27-18/h2-8H,9-10H2,1H3,(H,19,22). The fourth-order valence-corrected chi connectivity index (χ4v) is 2.90. The first-order chi connectivity index (χ1) is 13.4. The Morgan fingerprint density at radius 2 is 2.07 bits per heavy atom. The number of hydrogen-bond acceptors (Lipinski definition) is 8. The van der Waals surface area contributed by atoms with E-state index in [0.29, 0.717) is 21.9 Å². The number of rotatable bonds is 7. The number of carbonyl (C=O) groups excluding carboxylic acids is 2. The van der Waals surface area contributed by atoms with E-state index in [9.17, 15) is 19.7 Å². The van der Waals surface area contributed by atoms with Gasteiger partial charge in [0, 0.05) is 12.1 Å². The molecule has 0 radical (unpaired) electrons. The van der Waals surface area contributed by atoms with Gasteiger partial charge in [0.25, 0.3) is 16.8 Å². The number of ether oxygens (including phenoxy) is 1. The summed E-state index contributed by atoms with van der Waals surface area (Å²) in [5.74, 6) is -1.28. The number of anilines is 1. The molecule has 3 rings (SSSR count). The summed E-state index contributed by atoms with van der Waals surface area (Å²) in [5, 5.41) is 13.6. The molecule has 0 atom stereocenters. The Balaban J connectivity index is 1.48. The van der Waals surface area contributed by atoms with Crippen molar-refractivity contribution in [3.63, 3.8) is 0 Å². The Morgan fingerprint density at radius 3 is 2.82 bits per heavy atom. The highest BCUT2D eigenvalue weighted by Gasteiger charge is 2.14. The van der Waals surface area contributed by atoms with Crippen LogP contribution in [0.25, 0.3) is 11.1 Å². The quantitative estimate of drug-likeness (QED) is 0.277. The van der Waals surface area contributed by atoms with Crippen molar-refractivity contribution in [2.75, 3.05) is 17.7 Å². The van der Waals surface area contributed by atoms with Gasteiger partial charge in [-0.2, -0.15) is 0 Å². The summed E-state index contributed by atoms with van der Waals surface area (Å²) in [4.78, 5) is 38.2. The maximum atomic E-state index is 11.9. The minimum Gasteiger partial charge on any atom is -0.455 e. The number of nitro benzene ring substituents is 1. The average Bonchev–Trinajstić information content (AvgIpc) is 3.09. The molecule has 1 aromatic heterocycles. The fourth-order valence-electron chi connectivity index (χ4n) is 2.27. The maximum absolute atomic E-state index is 11.9. The first-order valence-corrected chi connectivity index (χ1v) is 9.10. The first kappa shape index (κ1) is 19.4. The molecule has 10 heteroatoms. The van der Waals surface area contributed by atoms with Crippen molar-refractivity contribution in [1.29, 1.82) is 0 Å². The number of fused-ring (bicyclic) bond motifs is 1. The Bertz CT molecular complexity index is 1020. The largest absolute Gasteiger partial charge is 0.455 e. The normalized spacial score (nSPS) is 10.6. The Morgan fingerprint density at radius 1 is 1.29 bits per heavy atom. The SMILES string of the molecule is Cc1ccc([N+](=O)[O-])cc1NC(=O)COC(=O)CSc1nc2ccccc2o1. The molecule has 0 spiro atoms. The third-order valence-electron chi connectivity index (χ3n) is 3.66. The van der Waals surface area contributed by atoms with Crippen LogP contribution in [0, 0.1) is 17.0 Å². The van der Waals surface area contributed by atoms with Gasteiger partial charge in [0.2, 0.25) is 0 Å². The molecule has 9 nitrogen and oxygen atoms in total. The number of nitro groups is 1. The lowest BCUT2D eigenvalue weighted by molar-refractivity contribution is -0.384. The van der Waals surface area contributed by atoms with Crippen LogP contribution in [0.4, 0.5) is 11.4 Å². The second-order valence-electron chi connectivity index (χ2n) is 5.70. The van der Waals surface area contributed by atoms with Gasteiger partial charge < -0.3 is 14.5 Å². The van der Waals surface area contributed by atoms with Crippen LogP contribution in [0.2, 0.25) is 0 Å². The zero-order chi connectivity index (χ0) is 20.1. The maximum Gasteiger partial charge on any atom is 0.316 e. The van der Waals surface area contributed by atoms with E-state index in [0.717, 1.165) is 11.8 Å². The number of benzene rings is 2. The monoisotopic (exact) mass is 401 g/mol. The molecule has 3 aromatic rings. The van der Waals surface area contributed by atoms with Gasteiger partial charge in [-0.15, -0.1) is 0 Å². The van der Waals surface area contributed by atoms with E-state index in [4.69, 9.17) is 9.15 Å². The highest BCUT2D eigenvalue weighted by atomic mass is 32.2. The molecule has 1 amide bonds. The summed E-state index contributed by atoms with van der Waals surface area (Å²) < 4.78 is 10.4. The Kier molecular flexibility index (Phi) is 5.90. The molecule has 0 bridgehead atoms. The Labute approximate surface area is 163 Å².